The summed E-state index contributed by atoms with van der Waals surface area (Å²) in [5.74, 6) is -0.836. The van der Waals surface area contributed by atoms with Crippen LogP contribution in [0, 0.1) is 0 Å². The molecule has 0 saturated carbocycles. The molecular weight excluding hydrogens is 150 g/mol. The Kier molecular flexibility index (Phi) is 28.8. The standard InChI is InChI=1S/C3H7NO2.CH4O.Ca.2H/c4-2-1-3(5)6;1-2;;;/h1-2,4H2,(H,5,6);2H,1H3;;;. The van der Waals surface area contributed by atoms with Crippen LogP contribution in [0.15, 0.2) is 0 Å². The zero-order chi connectivity index (χ0) is 6.99. The van der Waals surface area contributed by atoms with Gasteiger partial charge in [0.1, 0.15) is 0 Å². The normalized spacial score (nSPS) is 6.11. The number of carboxylic acids is 1. The molecule has 9 heavy (non-hydrogen) atoms. The number of aliphatic carboxylic acids is 1. The van der Waals surface area contributed by atoms with Gasteiger partial charge in [-0.05, 0) is 0 Å². The summed E-state index contributed by atoms with van der Waals surface area (Å²) in [5, 5.41) is 14.8. The first-order valence-corrected chi connectivity index (χ1v) is 2.14. The van der Waals surface area contributed by atoms with E-state index < -0.39 is 5.97 Å². The monoisotopic (exact) mass is 163 g/mol. The van der Waals surface area contributed by atoms with Gasteiger partial charge in [-0.2, -0.15) is 0 Å². The molecule has 0 aliphatic carbocycles. The molecule has 0 atom stereocenters. The zero-order valence-electron chi connectivity index (χ0n) is 4.79. The number of hydrogen-bond acceptors (Lipinski definition) is 3. The SMILES string of the molecule is CO.NCCC(=O)O.[CaH2]. The fraction of sp³-hybridized carbons (Fsp3) is 0.750. The van der Waals surface area contributed by atoms with Crippen LogP contribution in [0.2, 0.25) is 0 Å². The summed E-state index contributed by atoms with van der Waals surface area (Å²) in [6, 6.07) is 0. The molecule has 0 aromatic heterocycles. The Morgan fingerprint density at radius 3 is 1.89 bits per heavy atom. The van der Waals surface area contributed by atoms with E-state index in [1.165, 1.54) is 0 Å². The van der Waals surface area contributed by atoms with Crippen LogP contribution in [0.4, 0.5) is 0 Å². The second-order valence-corrected chi connectivity index (χ2v) is 0.932. The first-order chi connectivity index (χ1) is 3.77. The third-order valence-corrected chi connectivity index (χ3v) is 0.358. The van der Waals surface area contributed by atoms with Gasteiger partial charge >= 0.3 is 43.7 Å². The minimum atomic E-state index is -0.836. The van der Waals surface area contributed by atoms with Crippen molar-refractivity contribution in [3.05, 3.63) is 0 Å². The van der Waals surface area contributed by atoms with Gasteiger partial charge in [-0.15, -0.1) is 0 Å². The molecule has 0 rings (SSSR count). The van der Waals surface area contributed by atoms with Gasteiger partial charge in [0.2, 0.25) is 0 Å². The van der Waals surface area contributed by atoms with E-state index in [1.54, 1.807) is 0 Å². The fourth-order valence-electron chi connectivity index (χ4n) is 0.123. The predicted octanol–water partition coefficient (Wildman–Crippen LogP) is -1.89. The van der Waals surface area contributed by atoms with Crippen molar-refractivity contribution in [1.82, 2.24) is 0 Å². The summed E-state index contributed by atoms with van der Waals surface area (Å²) in [6.07, 6.45) is 0.0694. The quantitative estimate of drug-likeness (QED) is 0.416. The molecule has 0 aromatic carbocycles. The van der Waals surface area contributed by atoms with Crippen LogP contribution in [0.3, 0.4) is 0 Å². The van der Waals surface area contributed by atoms with Gasteiger partial charge in [-0.3, -0.25) is 4.79 Å². The Hall–Kier alpha value is 0.650. The van der Waals surface area contributed by atoms with Crippen LogP contribution in [0.5, 0.6) is 0 Å². The molecule has 0 aromatic rings. The molecule has 0 spiro atoms. The third kappa shape index (κ3) is 28.7. The molecule has 0 aliphatic heterocycles. The number of aliphatic hydroxyl groups is 1. The van der Waals surface area contributed by atoms with Crippen LogP contribution in [0.25, 0.3) is 0 Å². The zero-order valence-corrected chi connectivity index (χ0v) is 4.79. The summed E-state index contributed by atoms with van der Waals surface area (Å²) < 4.78 is 0. The van der Waals surface area contributed by atoms with E-state index in [0.29, 0.717) is 0 Å². The molecule has 0 saturated heterocycles. The van der Waals surface area contributed by atoms with Gasteiger partial charge in [-0.1, -0.05) is 0 Å². The van der Waals surface area contributed by atoms with Crippen molar-refractivity contribution in [1.29, 1.82) is 0 Å². The number of nitrogens with two attached hydrogens (primary N) is 1. The topological polar surface area (TPSA) is 83.5 Å². The summed E-state index contributed by atoms with van der Waals surface area (Å²) >= 11 is 0. The molecule has 54 valence electrons. The average molecular weight is 163 g/mol. The maximum absolute atomic E-state index is 9.52. The summed E-state index contributed by atoms with van der Waals surface area (Å²) in [5.41, 5.74) is 4.85. The van der Waals surface area contributed by atoms with Gasteiger partial charge in [-0.25, -0.2) is 0 Å². The van der Waals surface area contributed by atoms with Gasteiger partial charge in [0.05, 0.1) is 6.42 Å². The molecule has 0 radical (unpaired) electrons. The van der Waals surface area contributed by atoms with E-state index in [-0.39, 0.29) is 50.7 Å². The number of rotatable bonds is 2. The molecule has 0 unspecified atom stereocenters. The van der Waals surface area contributed by atoms with Crippen LogP contribution < -0.4 is 5.73 Å². The van der Waals surface area contributed by atoms with Gasteiger partial charge in [0.15, 0.2) is 0 Å². The number of carboxylic acid groups (broad SMARTS) is 1. The Balaban J connectivity index is -0.000000109. The van der Waals surface area contributed by atoms with Crippen molar-refractivity contribution in [2.75, 3.05) is 13.7 Å². The van der Waals surface area contributed by atoms with E-state index in [4.69, 9.17) is 15.9 Å². The summed E-state index contributed by atoms with van der Waals surface area (Å²) in [4.78, 5) is 9.52. The number of aliphatic hydroxyl groups excluding tert-OH is 1. The van der Waals surface area contributed by atoms with Gasteiger partial charge in [0.25, 0.3) is 0 Å². The van der Waals surface area contributed by atoms with Crippen LogP contribution in [-0.4, -0.2) is 67.6 Å². The number of carbonyl (C=O) groups is 1. The maximum atomic E-state index is 9.52. The van der Waals surface area contributed by atoms with Crippen LogP contribution in [0.1, 0.15) is 6.42 Å². The predicted molar refractivity (Wildman–Crippen MR) is 38.0 cm³/mol. The Morgan fingerprint density at radius 1 is 1.56 bits per heavy atom. The molecule has 4 nitrogen and oxygen atoms in total. The molecular formula is C4H13CaNO3. The van der Waals surface area contributed by atoms with E-state index in [9.17, 15) is 4.79 Å². The van der Waals surface area contributed by atoms with Crippen molar-refractivity contribution in [2.45, 2.75) is 6.42 Å². The molecule has 5 heteroatoms. The second-order valence-electron chi connectivity index (χ2n) is 0.932. The molecule has 0 aliphatic rings. The Bertz CT molecular complexity index is 59.8. The first kappa shape index (κ1) is 16.3. The van der Waals surface area contributed by atoms with Crippen molar-refractivity contribution in [3.63, 3.8) is 0 Å². The van der Waals surface area contributed by atoms with Crippen molar-refractivity contribution < 1.29 is 15.0 Å². The van der Waals surface area contributed by atoms with Crippen molar-refractivity contribution in [2.24, 2.45) is 5.73 Å². The molecule has 0 fully saturated rings. The molecule has 0 heterocycles. The third-order valence-electron chi connectivity index (χ3n) is 0.358. The van der Waals surface area contributed by atoms with E-state index in [0.717, 1.165) is 7.11 Å². The summed E-state index contributed by atoms with van der Waals surface area (Å²) in [7, 11) is 1.00. The Labute approximate surface area is 84.0 Å². The fourth-order valence-corrected chi connectivity index (χ4v) is 0.123. The first-order valence-electron chi connectivity index (χ1n) is 2.14. The minimum absolute atomic E-state index is 0. The van der Waals surface area contributed by atoms with Crippen LogP contribution >= 0.6 is 0 Å². The van der Waals surface area contributed by atoms with Gasteiger partial charge in [0, 0.05) is 13.7 Å². The van der Waals surface area contributed by atoms with Crippen LogP contribution in [-0.2, 0) is 4.79 Å². The van der Waals surface area contributed by atoms with E-state index in [2.05, 4.69) is 0 Å². The van der Waals surface area contributed by atoms with Crippen molar-refractivity contribution >= 4 is 43.7 Å². The van der Waals surface area contributed by atoms with E-state index >= 15 is 0 Å². The average Bonchev–Trinajstić information content (AvgIpc) is 1.72. The molecule has 0 bridgehead atoms. The molecule has 4 N–H and O–H groups in total. The summed E-state index contributed by atoms with van der Waals surface area (Å²) in [6.45, 7) is 0.231. The van der Waals surface area contributed by atoms with E-state index in [1.807, 2.05) is 0 Å². The second kappa shape index (κ2) is 15.9. The molecule has 0 amide bonds. The van der Waals surface area contributed by atoms with Crippen molar-refractivity contribution in [3.8, 4) is 0 Å². The Morgan fingerprint density at radius 2 is 1.89 bits per heavy atom. The van der Waals surface area contributed by atoms with Gasteiger partial charge < -0.3 is 15.9 Å². The number of hydrogen-bond donors (Lipinski definition) is 3.